The Morgan fingerprint density at radius 2 is 1.95 bits per heavy atom. The van der Waals surface area contributed by atoms with Gasteiger partial charge in [0.25, 0.3) is 0 Å². The normalized spacial score (nSPS) is 25.3. The van der Waals surface area contributed by atoms with E-state index in [1.807, 2.05) is 4.90 Å². The fourth-order valence-corrected chi connectivity index (χ4v) is 7.03. The highest BCUT2D eigenvalue weighted by Crippen LogP contribution is 2.37. The number of carbonyl (C=O) groups excluding carboxylic acids is 1. The Morgan fingerprint density at radius 1 is 1.08 bits per heavy atom. The number of amides is 1. The van der Waals surface area contributed by atoms with Gasteiger partial charge in [0.2, 0.25) is 5.91 Å². The van der Waals surface area contributed by atoms with Crippen LogP contribution in [0.3, 0.4) is 0 Å². The van der Waals surface area contributed by atoms with E-state index in [1.54, 1.807) is 0 Å². The van der Waals surface area contributed by atoms with Crippen LogP contribution in [0.4, 0.5) is 11.5 Å². The molecule has 0 radical (unpaired) electrons. The molecular weight excluding hydrogens is 488 g/mol. The number of likely N-dealkylation sites (N-methyl/N-ethyl adjacent to an activating group) is 1. The Hall–Kier alpha value is -3.13. The summed E-state index contributed by atoms with van der Waals surface area (Å²) in [7, 11) is 2.17. The van der Waals surface area contributed by atoms with Crippen molar-refractivity contribution in [3.63, 3.8) is 0 Å². The van der Waals surface area contributed by atoms with Gasteiger partial charge >= 0.3 is 6.01 Å². The van der Waals surface area contributed by atoms with Gasteiger partial charge in [0.1, 0.15) is 12.4 Å². The molecule has 208 valence electrons. The van der Waals surface area contributed by atoms with E-state index < -0.39 is 0 Å². The third-order valence-electron chi connectivity index (χ3n) is 9.26. The fourth-order valence-electron chi connectivity index (χ4n) is 7.03. The lowest BCUT2D eigenvalue weighted by Crippen LogP contribution is -2.54. The lowest BCUT2D eigenvalue weighted by atomic mass is 9.88. The Bertz CT molecular complexity index is 1220. The number of aryl methyl sites for hydroxylation is 1. The number of benzene rings is 1. The average Bonchev–Trinajstić information content (AvgIpc) is 3.39. The Labute approximate surface area is 232 Å². The monoisotopic (exact) mass is 530 g/mol. The molecule has 0 N–H and O–H groups in total. The first-order valence-electron chi connectivity index (χ1n) is 14.8. The summed E-state index contributed by atoms with van der Waals surface area (Å²) < 4.78 is 6.32. The second-order valence-corrected chi connectivity index (χ2v) is 11.7. The molecule has 1 aliphatic carbocycles. The minimum absolute atomic E-state index is 0.000534. The highest BCUT2D eigenvalue weighted by Gasteiger charge is 2.34. The van der Waals surface area contributed by atoms with Gasteiger partial charge in [-0.15, -0.1) is 0 Å². The second kappa shape index (κ2) is 11.2. The topological polar surface area (TPSA) is 65.0 Å². The van der Waals surface area contributed by atoms with Crippen molar-refractivity contribution >= 4 is 17.4 Å². The average molecular weight is 531 g/mol. The number of anilines is 2. The number of ether oxygens (including phenoxy) is 1. The third-order valence-corrected chi connectivity index (χ3v) is 9.26. The zero-order valence-electron chi connectivity index (χ0n) is 23.5. The molecule has 6 rings (SSSR count). The maximum Gasteiger partial charge on any atom is 0.318 e. The van der Waals surface area contributed by atoms with Crippen molar-refractivity contribution in [2.45, 2.75) is 70.0 Å². The molecule has 0 bridgehead atoms. The molecule has 4 heterocycles. The van der Waals surface area contributed by atoms with Crippen molar-refractivity contribution < 1.29 is 9.53 Å². The number of piperazine rings is 1. The van der Waals surface area contributed by atoms with Crippen LogP contribution in [-0.4, -0.2) is 90.2 Å². The van der Waals surface area contributed by atoms with Crippen LogP contribution in [0.1, 0.15) is 49.4 Å². The van der Waals surface area contributed by atoms with Crippen molar-refractivity contribution in [2.75, 3.05) is 56.2 Å². The van der Waals surface area contributed by atoms with Crippen LogP contribution in [0.25, 0.3) is 0 Å². The van der Waals surface area contributed by atoms with Gasteiger partial charge in [-0.3, -0.25) is 4.79 Å². The number of hydrogen-bond acceptors (Lipinski definition) is 7. The number of hydrogen-bond donors (Lipinski definition) is 0. The molecule has 2 fully saturated rings. The van der Waals surface area contributed by atoms with E-state index in [9.17, 15) is 4.79 Å². The molecule has 8 heteroatoms. The van der Waals surface area contributed by atoms with Crippen molar-refractivity contribution in [1.29, 1.82) is 0 Å². The zero-order valence-corrected chi connectivity index (χ0v) is 23.5. The van der Waals surface area contributed by atoms with E-state index in [0.29, 0.717) is 37.8 Å². The molecule has 0 spiro atoms. The van der Waals surface area contributed by atoms with Crippen LogP contribution in [0, 0.1) is 0 Å². The van der Waals surface area contributed by atoms with Crippen molar-refractivity contribution in [3.05, 3.63) is 53.7 Å². The van der Waals surface area contributed by atoms with E-state index in [2.05, 4.69) is 59.5 Å². The van der Waals surface area contributed by atoms with Crippen molar-refractivity contribution in [3.8, 4) is 6.01 Å². The lowest BCUT2D eigenvalue weighted by molar-refractivity contribution is -0.126. The summed E-state index contributed by atoms with van der Waals surface area (Å²) in [6.07, 6.45) is 9.10. The SMILES string of the molecule is C=CC(=O)N1CCN(c2nc(OC[C@@H]3CCCN3C)nc3c2CCC(N2CCCc4ccccc42)C3)[C@@H](C)C1. The van der Waals surface area contributed by atoms with E-state index in [0.717, 1.165) is 63.3 Å². The van der Waals surface area contributed by atoms with Gasteiger partial charge in [0.15, 0.2) is 0 Å². The van der Waals surface area contributed by atoms with Crippen molar-refractivity contribution in [2.24, 2.45) is 0 Å². The molecule has 0 saturated carbocycles. The Morgan fingerprint density at radius 3 is 2.74 bits per heavy atom. The summed E-state index contributed by atoms with van der Waals surface area (Å²) in [5.41, 5.74) is 5.25. The summed E-state index contributed by atoms with van der Waals surface area (Å²) in [6, 6.07) is 10.4. The van der Waals surface area contributed by atoms with E-state index in [1.165, 1.54) is 35.7 Å². The predicted octanol–water partition coefficient (Wildman–Crippen LogP) is 3.48. The molecule has 1 aromatic heterocycles. The number of para-hydroxylation sites is 1. The summed E-state index contributed by atoms with van der Waals surface area (Å²) in [4.78, 5) is 31.7. The smallest absolute Gasteiger partial charge is 0.318 e. The molecule has 1 aromatic carbocycles. The molecule has 2 aromatic rings. The van der Waals surface area contributed by atoms with Gasteiger partial charge in [0, 0.05) is 62.0 Å². The molecule has 1 amide bonds. The molecule has 2 saturated heterocycles. The van der Waals surface area contributed by atoms with Crippen LogP contribution in [0.15, 0.2) is 36.9 Å². The molecule has 1 unspecified atom stereocenters. The highest BCUT2D eigenvalue weighted by atomic mass is 16.5. The van der Waals surface area contributed by atoms with Crippen LogP contribution in [0.2, 0.25) is 0 Å². The number of aromatic nitrogens is 2. The van der Waals surface area contributed by atoms with Gasteiger partial charge in [0.05, 0.1) is 5.69 Å². The van der Waals surface area contributed by atoms with E-state index in [4.69, 9.17) is 14.7 Å². The van der Waals surface area contributed by atoms with Crippen LogP contribution < -0.4 is 14.5 Å². The number of likely N-dealkylation sites (tertiary alicyclic amines) is 1. The first kappa shape index (κ1) is 26.1. The number of carbonyl (C=O) groups is 1. The maximum absolute atomic E-state index is 12.3. The molecule has 8 nitrogen and oxygen atoms in total. The Balaban J connectivity index is 1.29. The standard InChI is InChI=1S/C31H42N6O2/c1-4-29(38)35-17-18-36(22(2)20-35)30-26-14-13-24(37-16-7-10-23-9-5-6-12-28(23)37)19-27(26)32-31(33-30)39-21-25-11-8-15-34(25)3/h4-6,9,12,22,24-25H,1,7-8,10-11,13-21H2,2-3H3/t22-,24?,25-/m0/s1. The first-order valence-corrected chi connectivity index (χ1v) is 14.8. The molecule has 39 heavy (non-hydrogen) atoms. The summed E-state index contributed by atoms with van der Waals surface area (Å²) in [5.74, 6) is 1.01. The van der Waals surface area contributed by atoms with Crippen LogP contribution in [0.5, 0.6) is 6.01 Å². The van der Waals surface area contributed by atoms with E-state index >= 15 is 0 Å². The second-order valence-electron chi connectivity index (χ2n) is 11.7. The van der Waals surface area contributed by atoms with Crippen LogP contribution >= 0.6 is 0 Å². The van der Waals surface area contributed by atoms with Crippen molar-refractivity contribution in [1.82, 2.24) is 19.8 Å². The van der Waals surface area contributed by atoms with Gasteiger partial charge in [-0.2, -0.15) is 9.97 Å². The number of nitrogens with zero attached hydrogens (tertiary/aromatic N) is 6. The van der Waals surface area contributed by atoms with Gasteiger partial charge in [-0.05, 0) is 76.7 Å². The summed E-state index contributed by atoms with van der Waals surface area (Å²) in [6.45, 7) is 10.8. The third kappa shape index (κ3) is 5.23. The summed E-state index contributed by atoms with van der Waals surface area (Å²) in [5, 5.41) is 0. The molecular formula is C31H42N6O2. The number of rotatable bonds is 6. The van der Waals surface area contributed by atoms with Gasteiger partial charge in [-0.1, -0.05) is 24.8 Å². The van der Waals surface area contributed by atoms with Gasteiger partial charge in [-0.25, -0.2) is 0 Å². The van der Waals surface area contributed by atoms with Crippen LogP contribution in [-0.2, 0) is 24.1 Å². The van der Waals surface area contributed by atoms with Gasteiger partial charge < -0.3 is 24.3 Å². The zero-order chi connectivity index (χ0) is 26.9. The Kier molecular flexibility index (Phi) is 7.47. The number of fused-ring (bicyclic) bond motifs is 2. The minimum Gasteiger partial charge on any atom is -0.462 e. The molecule has 3 aliphatic heterocycles. The first-order chi connectivity index (χ1) is 19.0. The predicted molar refractivity (Wildman–Crippen MR) is 155 cm³/mol. The minimum atomic E-state index is 0.000534. The molecule has 4 aliphatic rings. The van der Waals surface area contributed by atoms with E-state index in [-0.39, 0.29) is 11.9 Å². The largest absolute Gasteiger partial charge is 0.462 e. The fraction of sp³-hybridized carbons (Fsp3) is 0.581. The lowest BCUT2D eigenvalue weighted by Gasteiger charge is -2.43. The summed E-state index contributed by atoms with van der Waals surface area (Å²) >= 11 is 0. The highest BCUT2D eigenvalue weighted by molar-refractivity contribution is 5.87. The quantitative estimate of drug-likeness (QED) is 0.530. The maximum atomic E-state index is 12.3. The molecule has 3 atom stereocenters.